The van der Waals surface area contributed by atoms with Crippen LogP contribution in [0.4, 0.5) is 0 Å². The summed E-state index contributed by atoms with van der Waals surface area (Å²) in [7, 11) is 0. The van der Waals surface area contributed by atoms with Crippen LogP contribution in [-0.4, -0.2) is 19.9 Å². The Balaban J connectivity index is 1.70. The van der Waals surface area contributed by atoms with Crippen molar-refractivity contribution in [1.29, 1.82) is 0 Å². The second kappa shape index (κ2) is 18.4. The van der Waals surface area contributed by atoms with E-state index in [0.29, 0.717) is 0 Å². The number of H-pyrrole nitrogens is 2. The van der Waals surface area contributed by atoms with Crippen LogP contribution in [0.5, 0.6) is 0 Å². The van der Waals surface area contributed by atoms with Gasteiger partial charge in [0.15, 0.2) is 0 Å². The van der Waals surface area contributed by atoms with Crippen molar-refractivity contribution in [3.05, 3.63) is 90.7 Å². The number of allylic oxidation sites excluding steroid dienone is 4. The molecule has 0 aliphatic carbocycles. The molecule has 4 nitrogen and oxygen atoms in total. The summed E-state index contributed by atoms with van der Waals surface area (Å²) in [5.41, 5.74) is 21.5. The topological polar surface area (TPSA) is 57.4 Å². The lowest BCUT2D eigenvalue weighted by Gasteiger charge is -2.08. The number of aromatic amines is 2. The number of thiophene rings is 1. The van der Waals surface area contributed by atoms with E-state index < -0.39 is 0 Å². The molecule has 0 fully saturated rings. The summed E-state index contributed by atoms with van der Waals surface area (Å²) < 4.78 is 0. The molecular weight excluding hydrogens is 689 g/mol. The third-order valence-corrected chi connectivity index (χ3v) is 12.4. The average molecular weight is 749 g/mol. The third-order valence-electron chi connectivity index (χ3n) is 11.5. The van der Waals surface area contributed by atoms with Crippen LogP contribution in [0.3, 0.4) is 0 Å². The minimum absolute atomic E-state index is 0.865. The van der Waals surface area contributed by atoms with Gasteiger partial charge < -0.3 is 9.97 Å². The zero-order valence-corrected chi connectivity index (χ0v) is 35.7. The molecule has 0 amide bonds. The van der Waals surface area contributed by atoms with Gasteiger partial charge in [-0.15, -0.1) is 11.3 Å². The van der Waals surface area contributed by atoms with Crippen LogP contribution in [-0.2, 0) is 32.1 Å². The van der Waals surface area contributed by atoms with Crippen LogP contribution >= 0.6 is 11.3 Å². The van der Waals surface area contributed by atoms with Gasteiger partial charge in [-0.1, -0.05) is 81.6 Å². The zero-order chi connectivity index (χ0) is 39.1. The summed E-state index contributed by atoms with van der Waals surface area (Å²) >= 11 is 1.72. The summed E-state index contributed by atoms with van der Waals surface area (Å²) in [6.07, 6.45) is 13.5. The normalized spacial score (nSPS) is 12.6. The van der Waals surface area contributed by atoms with E-state index in [1.54, 1.807) is 11.3 Å². The fraction of sp³-hybridized carbons (Fsp3) is 0.440. The molecule has 4 aromatic rings. The molecule has 0 radical (unpaired) electrons. The first-order chi connectivity index (χ1) is 26.9. The maximum absolute atomic E-state index is 5.51. The third kappa shape index (κ3) is 8.06. The van der Waals surface area contributed by atoms with E-state index in [1.807, 2.05) is 0 Å². The van der Waals surface area contributed by atoms with Crippen LogP contribution in [0.15, 0.2) is 29.6 Å². The molecule has 0 unspecified atom stereocenters. The van der Waals surface area contributed by atoms with Gasteiger partial charge in [0.1, 0.15) is 0 Å². The van der Waals surface area contributed by atoms with Gasteiger partial charge >= 0.3 is 0 Å². The molecule has 2 N–H and O–H groups in total. The Bertz CT molecular complexity index is 2290. The Hall–Kier alpha value is -4.58. The van der Waals surface area contributed by atoms with Gasteiger partial charge in [-0.3, -0.25) is 0 Å². The number of hydrogen-bond acceptors (Lipinski definition) is 3. The number of unbranched alkanes of at least 4 members (excludes halogenated alkanes) is 3. The van der Waals surface area contributed by atoms with Crippen molar-refractivity contribution in [2.45, 2.75) is 146 Å². The van der Waals surface area contributed by atoms with Crippen molar-refractivity contribution >= 4 is 55.7 Å². The lowest BCUT2D eigenvalue weighted by Crippen LogP contribution is -1.95. The second-order valence-electron chi connectivity index (χ2n) is 14.7. The van der Waals surface area contributed by atoms with Crippen molar-refractivity contribution in [3.8, 4) is 23.7 Å². The summed E-state index contributed by atoms with van der Waals surface area (Å²) in [5.74, 6) is 13.5. The van der Waals surface area contributed by atoms with E-state index in [1.165, 1.54) is 86.8 Å². The molecule has 55 heavy (non-hydrogen) atoms. The standard InChI is InChI=1S/C50H60N4S/c1-10-19-20-21-24-32-27-33(55-31-32)25-22-23-26-42-49-40(17-8)38(15-6)47(53-49)29-45-36(13-4)34(11-2)43(51-45)28-44-35(12-3)37(14-5)46(52-44)30-48-39(16-7)41(18-9)50(42)54-48/h27-31,51-52H,10-21,24H2,1-9H3. The largest absolute Gasteiger partial charge is 0.355 e. The van der Waals surface area contributed by atoms with E-state index in [9.17, 15) is 0 Å². The zero-order valence-electron chi connectivity index (χ0n) is 34.9. The quantitative estimate of drug-likeness (QED) is 0.106. The Morgan fingerprint density at radius 2 is 0.982 bits per heavy atom. The molecule has 8 bridgehead atoms. The first-order valence-electron chi connectivity index (χ1n) is 21.2. The fourth-order valence-electron chi connectivity index (χ4n) is 8.82. The molecule has 4 aromatic heterocycles. The highest BCUT2D eigenvalue weighted by atomic mass is 32.1. The first kappa shape index (κ1) is 40.1. The molecule has 0 saturated heterocycles. The molecular formula is C50H60N4S. The molecule has 6 heterocycles. The summed E-state index contributed by atoms with van der Waals surface area (Å²) in [6.45, 7) is 20.3. The van der Waals surface area contributed by atoms with E-state index in [-0.39, 0.29) is 0 Å². The minimum Gasteiger partial charge on any atom is -0.355 e. The molecule has 2 aliphatic heterocycles. The first-order valence-corrected chi connectivity index (χ1v) is 22.1. The van der Waals surface area contributed by atoms with Gasteiger partial charge in [0.2, 0.25) is 0 Å². The van der Waals surface area contributed by atoms with Crippen molar-refractivity contribution in [2.75, 3.05) is 0 Å². The van der Waals surface area contributed by atoms with Crippen LogP contribution in [0, 0.1) is 23.7 Å². The lowest BCUT2D eigenvalue weighted by atomic mass is 9.94. The van der Waals surface area contributed by atoms with Crippen LogP contribution < -0.4 is 0 Å². The lowest BCUT2D eigenvalue weighted by molar-refractivity contribution is 0.667. The molecule has 2 aliphatic rings. The van der Waals surface area contributed by atoms with E-state index in [4.69, 9.17) is 9.97 Å². The number of hydrogen-bond donors (Lipinski definition) is 2. The predicted octanol–water partition coefficient (Wildman–Crippen LogP) is 13.6. The Kier molecular flexibility index (Phi) is 13.4. The number of fused-ring (bicyclic) bond motifs is 8. The molecule has 0 aromatic carbocycles. The van der Waals surface area contributed by atoms with Crippen LogP contribution in [0.1, 0.15) is 175 Å². The molecule has 6 rings (SSSR count). The maximum atomic E-state index is 5.51. The van der Waals surface area contributed by atoms with E-state index >= 15 is 0 Å². The maximum Gasteiger partial charge on any atom is 0.0851 e. The molecule has 5 heteroatoms. The molecule has 286 valence electrons. The van der Waals surface area contributed by atoms with Crippen LogP contribution in [0.25, 0.3) is 44.4 Å². The number of nitrogens with one attached hydrogen (secondary N) is 2. The van der Waals surface area contributed by atoms with Crippen molar-refractivity contribution < 1.29 is 0 Å². The Labute approximate surface area is 334 Å². The van der Waals surface area contributed by atoms with Crippen molar-refractivity contribution in [2.24, 2.45) is 0 Å². The highest BCUT2D eigenvalue weighted by molar-refractivity contribution is 7.10. The molecule has 0 saturated carbocycles. The fourth-order valence-corrected chi connectivity index (χ4v) is 9.62. The van der Waals surface area contributed by atoms with Gasteiger partial charge in [-0.05, 0) is 168 Å². The average Bonchev–Trinajstić information content (AvgIpc) is 4.01. The van der Waals surface area contributed by atoms with E-state index in [0.717, 1.165) is 102 Å². The number of aryl methyl sites for hydroxylation is 5. The van der Waals surface area contributed by atoms with Crippen LogP contribution in [0.2, 0.25) is 0 Å². The number of aromatic nitrogens is 4. The second-order valence-corrected chi connectivity index (χ2v) is 15.6. The van der Waals surface area contributed by atoms with Gasteiger partial charge in [0, 0.05) is 22.1 Å². The summed E-state index contributed by atoms with van der Waals surface area (Å²) in [4.78, 5) is 19.9. The van der Waals surface area contributed by atoms with Gasteiger partial charge in [0.05, 0.1) is 33.2 Å². The SMILES string of the molecule is CCCCCCc1csc(C#CC#Cc2c3nc(cc4[nH]c(cc5[nH]c(cc6nc2C(CC)=C6CC)c(CC)c5CC)c(CC)c4CC)C(CC)=C3CC)c1. The Morgan fingerprint density at radius 1 is 0.509 bits per heavy atom. The van der Waals surface area contributed by atoms with Gasteiger partial charge in [0.25, 0.3) is 0 Å². The summed E-state index contributed by atoms with van der Waals surface area (Å²) in [6, 6.07) is 9.21. The number of rotatable bonds is 13. The smallest absolute Gasteiger partial charge is 0.0851 e. The van der Waals surface area contributed by atoms with Gasteiger partial charge in [-0.25, -0.2) is 9.97 Å². The van der Waals surface area contributed by atoms with Gasteiger partial charge in [-0.2, -0.15) is 0 Å². The molecule has 0 spiro atoms. The van der Waals surface area contributed by atoms with Crippen molar-refractivity contribution in [1.82, 2.24) is 19.9 Å². The minimum atomic E-state index is 0.865. The molecule has 0 atom stereocenters. The predicted molar refractivity (Wildman–Crippen MR) is 239 cm³/mol. The van der Waals surface area contributed by atoms with Crippen molar-refractivity contribution in [3.63, 3.8) is 0 Å². The highest BCUT2D eigenvalue weighted by Gasteiger charge is 2.26. The highest BCUT2D eigenvalue weighted by Crippen LogP contribution is 2.41. The number of nitrogens with zero attached hydrogens (tertiary/aromatic N) is 2. The monoisotopic (exact) mass is 748 g/mol. The summed E-state index contributed by atoms with van der Waals surface area (Å²) in [5, 5.41) is 2.26. The van der Waals surface area contributed by atoms with E-state index in [2.05, 4.69) is 126 Å². The Morgan fingerprint density at radius 3 is 1.44 bits per heavy atom.